The summed E-state index contributed by atoms with van der Waals surface area (Å²) in [7, 11) is 1.18. The molecule has 0 aliphatic heterocycles. The number of methoxy groups -OCH3 is 1. The van der Waals surface area contributed by atoms with Crippen LogP contribution in [0.4, 0.5) is 29.3 Å². The summed E-state index contributed by atoms with van der Waals surface area (Å²) >= 11 is 0. The van der Waals surface area contributed by atoms with E-state index in [0.29, 0.717) is 6.07 Å². The van der Waals surface area contributed by atoms with Crippen molar-refractivity contribution in [2.45, 2.75) is 0 Å². The lowest BCUT2D eigenvalue weighted by atomic mass is 10.2. The molecule has 2 amide bonds. The topological polar surface area (TPSA) is 67.4 Å². The number of carbonyl (C=O) groups is 2. The molecule has 0 aromatic heterocycles. The summed E-state index contributed by atoms with van der Waals surface area (Å²) in [5.41, 5.74) is -0.354. The molecule has 2 rings (SSSR count). The first-order valence-corrected chi connectivity index (χ1v) is 6.33. The summed E-state index contributed by atoms with van der Waals surface area (Å²) in [5.74, 6) is -5.27. The van der Waals surface area contributed by atoms with Gasteiger partial charge in [0, 0.05) is 0 Å². The molecular formula is C15H11F3N2O3. The molecule has 0 spiro atoms. The average molecular weight is 324 g/mol. The molecular weight excluding hydrogens is 313 g/mol. The van der Waals surface area contributed by atoms with Crippen LogP contribution in [0.2, 0.25) is 0 Å². The van der Waals surface area contributed by atoms with E-state index in [0.717, 1.165) is 6.07 Å². The fraction of sp³-hybridized carbons (Fsp3) is 0.0667. The van der Waals surface area contributed by atoms with Crippen molar-refractivity contribution in [3.63, 3.8) is 0 Å². The fourth-order valence-electron chi connectivity index (χ4n) is 1.78. The molecule has 2 aromatic carbocycles. The molecule has 0 unspecified atom stereocenters. The number of para-hydroxylation sites is 1. The van der Waals surface area contributed by atoms with Crippen molar-refractivity contribution in [1.29, 1.82) is 0 Å². The van der Waals surface area contributed by atoms with Gasteiger partial charge in [-0.15, -0.1) is 0 Å². The molecule has 0 saturated heterocycles. The van der Waals surface area contributed by atoms with Crippen LogP contribution in [0.15, 0.2) is 36.4 Å². The molecule has 0 aliphatic carbocycles. The predicted octanol–water partition coefficient (Wildman–Crippen LogP) is 3.53. The molecule has 2 N–H and O–H groups in total. The second-order valence-corrected chi connectivity index (χ2v) is 4.34. The van der Waals surface area contributed by atoms with Gasteiger partial charge in [-0.3, -0.25) is 0 Å². The normalized spacial score (nSPS) is 10.1. The lowest BCUT2D eigenvalue weighted by Gasteiger charge is -2.11. The Bertz CT molecular complexity index is 766. The maximum Gasteiger partial charge on any atom is 0.339 e. The average Bonchev–Trinajstić information content (AvgIpc) is 2.55. The van der Waals surface area contributed by atoms with E-state index in [-0.39, 0.29) is 11.3 Å². The Hall–Kier alpha value is -3.03. The van der Waals surface area contributed by atoms with Crippen molar-refractivity contribution in [2.75, 3.05) is 17.7 Å². The first-order valence-electron chi connectivity index (χ1n) is 6.33. The van der Waals surface area contributed by atoms with Gasteiger partial charge in [-0.05, 0) is 24.3 Å². The van der Waals surface area contributed by atoms with Gasteiger partial charge in [-0.1, -0.05) is 12.1 Å². The Morgan fingerprint density at radius 1 is 0.913 bits per heavy atom. The second-order valence-electron chi connectivity index (χ2n) is 4.34. The van der Waals surface area contributed by atoms with Gasteiger partial charge in [0.05, 0.1) is 24.0 Å². The standard InChI is InChI=1S/C15H11F3N2O3/c1-23-14(21)8-4-2-3-5-10(8)19-15(22)20-11-7-6-9(16)12(17)13(11)18/h2-7H,1H3,(H2,19,20,22). The number of halogens is 3. The summed E-state index contributed by atoms with van der Waals surface area (Å²) in [5, 5.41) is 4.33. The van der Waals surface area contributed by atoms with E-state index in [4.69, 9.17) is 0 Å². The van der Waals surface area contributed by atoms with Crippen LogP contribution < -0.4 is 10.6 Å². The van der Waals surface area contributed by atoms with Crippen molar-refractivity contribution >= 4 is 23.4 Å². The van der Waals surface area contributed by atoms with E-state index in [2.05, 4.69) is 10.1 Å². The van der Waals surface area contributed by atoms with Gasteiger partial charge in [0.15, 0.2) is 17.5 Å². The summed E-state index contributed by atoms with van der Waals surface area (Å²) in [6.07, 6.45) is 0. The van der Waals surface area contributed by atoms with E-state index < -0.39 is 35.1 Å². The number of benzene rings is 2. The number of ether oxygens (including phenoxy) is 1. The first-order chi connectivity index (χ1) is 10.9. The van der Waals surface area contributed by atoms with Crippen LogP contribution in [-0.4, -0.2) is 19.1 Å². The highest BCUT2D eigenvalue weighted by atomic mass is 19.2. The number of rotatable bonds is 3. The smallest absolute Gasteiger partial charge is 0.339 e. The molecule has 0 radical (unpaired) electrons. The van der Waals surface area contributed by atoms with E-state index in [1.807, 2.05) is 5.32 Å². The largest absolute Gasteiger partial charge is 0.465 e. The van der Waals surface area contributed by atoms with Crippen molar-refractivity contribution in [1.82, 2.24) is 0 Å². The zero-order valence-electron chi connectivity index (χ0n) is 11.8. The second kappa shape index (κ2) is 6.82. The lowest BCUT2D eigenvalue weighted by molar-refractivity contribution is 0.0602. The minimum absolute atomic E-state index is 0.0795. The van der Waals surface area contributed by atoms with Crippen molar-refractivity contribution in [3.8, 4) is 0 Å². The molecule has 23 heavy (non-hydrogen) atoms. The minimum Gasteiger partial charge on any atom is -0.465 e. The number of anilines is 2. The third-order valence-corrected chi connectivity index (χ3v) is 2.86. The maximum atomic E-state index is 13.5. The maximum absolute atomic E-state index is 13.5. The summed E-state index contributed by atoms with van der Waals surface area (Å²) in [6, 6.07) is 6.57. The number of carbonyl (C=O) groups excluding carboxylic acids is 2. The SMILES string of the molecule is COC(=O)c1ccccc1NC(=O)Nc1ccc(F)c(F)c1F. The number of esters is 1. The molecule has 120 valence electrons. The Labute approximate surface area is 129 Å². The van der Waals surface area contributed by atoms with Crippen LogP contribution in [-0.2, 0) is 4.74 Å². The monoisotopic (exact) mass is 324 g/mol. The third-order valence-electron chi connectivity index (χ3n) is 2.86. The molecule has 0 saturated carbocycles. The van der Waals surface area contributed by atoms with Crippen molar-refractivity contribution in [3.05, 3.63) is 59.4 Å². The van der Waals surface area contributed by atoms with Crippen LogP contribution in [0.5, 0.6) is 0 Å². The highest BCUT2D eigenvalue weighted by Gasteiger charge is 2.17. The predicted molar refractivity (Wildman–Crippen MR) is 76.7 cm³/mol. The minimum atomic E-state index is -1.70. The third kappa shape index (κ3) is 3.60. The molecule has 0 aliphatic rings. The van der Waals surface area contributed by atoms with Gasteiger partial charge in [0.1, 0.15) is 0 Å². The highest BCUT2D eigenvalue weighted by Crippen LogP contribution is 2.21. The molecule has 8 heteroatoms. The van der Waals surface area contributed by atoms with Gasteiger partial charge >= 0.3 is 12.0 Å². The fourth-order valence-corrected chi connectivity index (χ4v) is 1.78. The Kier molecular flexibility index (Phi) is 4.85. The van der Waals surface area contributed by atoms with E-state index in [9.17, 15) is 22.8 Å². The van der Waals surface area contributed by atoms with Crippen LogP contribution >= 0.6 is 0 Å². The van der Waals surface area contributed by atoms with E-state index in [1.165, 1.54) is 19.2 Å². The zero-order chi connectivity index (χ0) is 17.0. The van der Waals surface area contributed by atoms with E-state index >= 15 is 0 Å². The van der Waals surface area contributed by atoms with Crippen LogP contribution in [0.25, 0.3) is 0 Å². The van der Waals surface area contributed by atoms with E-state index in [1.54, 1.807) is 12.1 Å². The molecule has 0 fully saturated rings. The molecule has 5 nitrogen and oxygen atoms in total. The molecule has 0 bridgehead atoms. The molecule has 0 heterocycles. The van der Waals surface area contributed by atoms with Crippen LogP contribution in [0, 0.1) is 17.5 Å². The van der Waals surface area contributed by atoms with Crippen molar-refractivity contribution < 1.29 is 27.5 Å². The number of hydrogen-bond acceptors (Lipinski definition) is 3. The molecule has 2 aromatic rings. The highest BCUT2D eigenvalue weighted by molar-refractivity contribution is 6.05. The van der Waals surface area contributed by atoms with Gasteiger partial charge in [0.2, 0.25) is 0 Å². The summed E-state index contributed by atoms with van der Waals surface area (Å²) in [6.45, 7) is 0. The number of hydrogen-bond donors (Lipinski definition) is 2. The van der Waals surface area contributed by atoms with Crippen LogP contribution in [0.3, 0.4) is 0 Å². The van der Waals surface area contributed by atoms with Crippen molar-refractivity contribution in [2.24, 2.45) is 0 Å². The Morgan fingerprint density at radius 2 is 1.57 bits per heavy atom. The summed E-state index contributed by atoms with van der Waals surface area (Å²) < 4.78 is 44.0. The summed E-state index contributed by atoms with van der Waals surface area (Å²) in [4.78, 5) is 23.4. The first kappa shape index (κ1) is 16.3. The number of nitrogens with one attached hydrogen (secondary N) is 2. The van der Waals surface area contributed by atoms with Gasteiger partial charge in [-0.25, -0.2) is 22.8 Å². The van der Waals surface area contributed by atoms with Gasteiger partial charge in [0.25, 0.3) is 0 Å². The lowest BCUT2D eigenvalue weighted by Crippen LogP contribution is -2.22. The zero-order valence-corrected chi connectivity index (χ0v) is 11.8. The Morgan fingerprint density at radius 3 is 2.26 bits per heavy atom. The molecule has 0 atom stereocenters. The quantitative estimate of drug-likeness (QED) is 0.670. The van der Waals surface area contributed by atoms with Gasteiger partial charge < -0.3 is 15.4 Å². The van der Waals surface area contributed by atoms with Crippen LogP contribution in [0.1, 0.15) is 10.4 Å². The number of urea groups is 1. The number of amides is 2. The van der Waals surface area contributed by atoms with Gasteiger partial charge in [-0.2, -0.15) is 0 Å². The Balaban J connectivity index is 2.18.